The van der Waals surface area contributed by atoms with Gasteiger partial charge in [0.1, 0.15) is 28.4 Å². The Balaban J connectivity index is 1.72. The van der Waals surface area contributed by atoms with Crippen LogP contribution >= 0.6 is 31.9 Å². The average molecular weight is 612 g/mol. The fourth-order valence-electron chi connectivity index (χ4n) is 4.72. The van der Waals surface area contributed by atoms with E-state index in [0.29, 0.717) is 33.3 Å². The van der Waals surface area contributed by atoms with Crippen LogP contribution in [-0.2, 0) is 6.42 Å². The van der Waals surface area contributed by atoms with Crippen LogP contribution in [0.4, 0.5) is 0 Å². The first-order valence-corrected chi connectivity index (χ1v) is 12.6. The lowest BCUT2D eigenvalue weighted by Gasteiger charge is -2.20. The van der Waals surface area contributed by atoms with E-state index < -0.39 is 17.2 Å². The van der Waals surface area contributed by atoms with Gasteiger partial charge < -0.3 is 23.8 Å². The monoisotopic (exact) mass is 610 g/mol. The highest BCUT2D eigenvalue weighted by atomic mass is 79.9. The van der Waals surface area contributed by atoms with Crippen LogP contribution in [0.5, 0.6) is 17.2 Å². The third-order valence-corrected chi connectivity index (χ3v) is 7.36. The highest BCUT2D eigenvalue weighted by Crippen LogP contribution is 2.43. The van der Waals surface area contributed by atoms with Crippen molar-refractivity contribution < 1.29 is 23.8 Å². The molecule has 5 aromatic rings. The van der Waals surface area contributed by atoms with Crippen molar-refractivity contribution in [2.75, 3.05) is 6.61 Å². The molecule has 36 heavy (non-hydrogen) atoms. The van der Waals surface area contributed by atoms with Gasteiger partial charge in [-0.3, -0.25) is 0 Å². The Kier molecular flexibility index (Phi) is 5.42. The number of aromatic hydroxyl groups is 2. The predicted molar refractivity (Wildman–Crippen MR) is 140 cm³/mol. The molecule has 0 unspecified atom stereocenters. The molecule has 0 saturated heterocycles. The average Bonchev–Trinajstić information content (AvgIpc) is 3.32. The quantitative estimate of drug-likeness (QED) is 0.243. The molecule has 0 bridgehead atoms. The summed E-state index contributed by atoms with van der Waals surface area (Å²) >= 11 is 6.75. The second-order valence-corrected chi connectivity index (χ2v) is 10.3. The molecule has 0 amide bonds. The zero-order valence-corrected chi connectivity index (χ0v) is 21.6. The van der Waals surface area contributed by atoms with E-state index in [-0.39, 0.29) is 44.6 Å². The van der Waals surface area contributed by atoms with Crippen molar-refractivity contribution in [3.63, 3.8) is 0 Å². The van der Waals surface area contributed by atoms with Crippen LogP contribution in [0, 0.1) is 0 Å². The van der Waals surface area contributed by atoms with Crippen LogP contribution in [-0.4, -0.2) is 16.8 Å². The summed E-state index contributed by atoms with van der Waals surface area (Å²) in [7, 11) is 0. The fourth-order valence-corrected chi connectivity index (χ4v) is 5.44. The summed E-state index contributed by atoms with van der Waals surface area (Å²) in [6, 6.07) is 15.0. The topological polar surface area (TPSA) is 110 Å². The molecule has 3 heterocycles. The standard InChI is InChI=1S/C27H16Br2O7/c28-14-2-5-19-16(10-14)24(30)22(26(32)35-19)21(13-1-4-18-12(9-13)7-8-34-18)23-25(31)17-11-15(29)3-6-20(17)36-27(23)33/h1-6,9-11,21,30-31H,7-8H2. The minimum atomic E-state index is -1.19. The Labute approximate surface area is 219 Å². The molecule has 7 nitrogen and oxygen atoms in total. The normalized spacial score (nSPS) is 12.9. The molecule has 0 saturated carbocycles. The van der Waals surface area contributed by atoms with Crippen molar-refractivity contribution in [1.29, 1.82) is 0 Å². The van der Waals surface area contributed by atoms with E-state index in [2.05, 4.69) is 31.9 Å². The van der Waals surface area contributed by atoms with Crippen LogP contribution < -0.4 is 16.0 Å². The maximum atomic E-state index is 13.3. The Morgan fingerprint density at radius 1 is 0.750 bits per heavy atom. The molecule has 6 rings (SSSR count). The summed E-state index contributed by atoms with van der Waals surface area (Å²) in [4.78, 5) is 26.6. The predicted octanol–water partition coefficient (Wildman–Crippen LogP) is 5.95. The van der Waals surface area contributed by atoms with Crippen LogP contribution in [0.25, 0.3) is 21.9 Å². The largest absolute Gasteiger partial charge is 0.507 e. The molecule has 1 aliphatic heterocycles. The first-order valence-electron chi connectivity index (χ1n) is 11.0. The third kappa shape index (κ3) is 3.61. The summed E-state index contributed by atoms with van der Waals surface area (Å²) in [6.07, 6.45) is 0.645. The van der Waals surface area contributed by atoms with Gasteiger partial charge in [0.25, 0.3) is 0 Å². The van der Waals surface area contributed by atoms with Gasteiger partial charge in [0, 0.05) is 15.4 Å². The number of ether oxygens (including phenoxy) is 1. The van der Waals surface area contributed by atoms with Crippen molar-refractivity contribution in [1.82, 2.24) is 0 Å². The Bertz CT molecular complexity index is 1720. The van der Waals surface area contributed by atoms with Gasteiger partial charge in [-0.1, -0.05) is 44.0 Å². The van der Waals surface area contributed by atoms with Gasteiger partial charge in [-0.15, -0.1) is 0 Å². The highest BCUT2D eigenvalue weighted by Gasteiger charge is 2.33. The van der Waals surface area contributed by atoms with Gasteiger partial charge >= 0.3 is 11.3 Å². The first kappa shape index (κ1) is 22.9. The molecular formula is C27H16Br2O7. The van der Waals surface area contributed by atoms with Crippen molar-refractivity contribution in [2.24, 2.45) is 0 Å². The van der Waals surface area contributed by atoms with E-state index in [0.717, 1.165) is 5.56 Å². The minimum Gasteiger partial charge on any atom is -0.507 e. The molecule has 3 aromatic carbocycles. The third-order valence-electron chi connectivity index (χ3n) is 6.37. The van der Waals surface area contributed by atoms with Crippen molar-refractivity contribution in [2.45, 2.75) is 12.3 Å². The number of fused-ring (bicyclic) bond motifs is 3. The van der Waals surface area contributed by atoms with E-state index in [1.807, 2.05) is 0 Å². The Hall–Kier alpha value is -3.56. The smallest absolute Gasteiger partial charge is 0.344 e. The van der Waals surface area contributed by atoms with E-state index in [1.54, 1.807) is 54.6 Å². The second-order valence-electron chi connectivity index (χ2n) is 8.48. The van der Waals surface area contributed by atoms with E-state index in [4.69, 9.17) is 13.6 Å². The molecular weight excluding hydrogens is 596 g/mol. The summed E-state index contributed by atoms with van der Waals surface area (Å²) in [6.45, 7) is 0.512. The maximum absolute atomic E-state index is 13.3. The Morgan fingerprint density at radius 2 is 1.31 bits per heavy atom. The van der Waals surface area contributed by atoms with Gasteiger partial charge in [0.15, 0.2) is 0 Å². The van der Waals surface area contributed by atoms with E-state index >= 15 is 0 Å². The molecule has 0 atom stereocenters. The van der Waals surface area contributed by atoms with E-state index in [9.17, 15) is 19.8 Å². The summed E-state index contributed by atoms with van der Waals surface area (Å²) in [5, 5.41) is 23.3. The molecule has 2 aromatic heterocycles. The van der Waals surface area contributed by atoms with E-state index in [1.165, 1.54) is 0 Å². The lowest BCUT2D eigenvalue weighted by molar-refractivity contribution is 0.357. The van der Waals surface area contributed by atoms with Gasteiger partial charge in [-0.05, 0) is 53.6 Å². The molecule has 9 heteroatoms. The Morgan fingerprint density at radius 3 is 1.86 bits per heavy atom. The van der Waals surface area contributed by atoms with Gasteiger partial charge in [0.2, 0.25) is 0 Å². The zero-order chi connectivity index (χ0) is 25.1. The summed E-state index contributed by atoms with van der Waals surface area (Å²) in [5.74, 6) is -1.18. The molecule has 0 spiro atoms. The SMILES string of the molecule is O=c1oc2ccc(Br)cc2c(O)c1C(c1ccc2c(c1)CCO2)c1c(O)c2cc(Br)ccc2oc1=O. The number of hydrogen-bond donors (Lipinski definition) is 2. The zero-order valence-electron chi connectivity index (χ0n) is 18.4. The lowest BCUT2D eigenvalue weighted by atomic mass is 9.84. The number of hydrogen-bond acceptors (Lipinski definition) is 7. The van der Waals surface area contributed by atoms with Crippen LogP contribution in [0.1, 0.15) is 28.2 Å². The molecule has 180 valence electrons. The highest BCUT2D eigenvalue weighted by molar-refractivity contribution is 9.10. The summed E-state index contributed by atoms with van der Waals surface area (Å²) in [5.41, 5.74) is -0.291. The number of benzene rings is 3. The minimum absolute atomic E-state index is 0.184. The fraction of sp³-hybridized carbons (Fsp3) is 0.111. The van der Waals surface area contributed by atoms with Crippen LogP contribution in [0.15, 0.2) is 82.0 Å². The molecule has 2 N–H and O–H groups in total. The first-order chi connectivity index (χ1) is 17.3. The lowest BCUT2D eigenvalue weighted by Crippen LogP contribution is -2.21. The van der Waals surface area contributed by atoms with Crippen molar-refractivity contribution in [3.8, 4) is 17.2 Å². The summed E-state index contributed by atoms with van der Waals surface area (Å²) < 4.78 is 18.0. The second kappa shape index (κ2) is 8.53. The molecule has 0 fully saturated rings. The van der Waals surface area contributed by atoms with Gasteiger partial charge in [0.05, 0.1) is 34.4 Å². The van der Waals surface area contributed by atoms with Gasteiger partial charge in [-0.2, -0.15) is 0 Å². The van der Waals surface area contributed by atoms with Crippen molar-refractivity contribution >= 4 is 53.8 Å². The molecule has 0 radical (unpaired) electrons. The van der Waals surface area contributed by atoms with Crippen LogP contribution in [0.3, 0.4) is 0 Å². The number of rotatable bonds is 3. The number of halogens is 2. The molecule has 1 aliphatic rings. The van der Waals surface area contributed by atoms with Crippen LogP contribution in [0.2, 0.25) is 0 Å². The van der Waals surface area contributed by atoms with Crippen molar-refractivity contribution in [3.05, 3.63) is 107 Å². The van der Waals surface area contributed by atoms with Gasteiger partial charge in [-0.25, -0.2) is 9.59 Å². The molecule has 0 aliphatic carbocycles. The maximum Gasteiger partial charge on any atom is 0.344 e.